The largest absolute Gasteiger partial charge is 0.481 e. The van der Waals surface area contributed by atoms with Crippen LogP contribution in [0.15, 0.2) is 6.20 Å². The quantitative estimate of drug-likeness (QED) is 0.926. The summed E-state index contributed by atoms with van der Waals surface area (Å²) in [6.45, 7) is 7.57. The van der Waals surface area contributed by atoms with Gasteiger partial charge in [-0.25, -0.2) is 4.98 Å². The van der Waals surface area contributed by atoms with Gasteiger partial charge in [-0.15, -0.1) is 0 Å². The standard InChI is InChI=1S/C16H25N3O2/c1-11(2)18-6-3-4-13(10-18)15-17-9-14-8-12(16(20)21)5-7-19(14)15/h9,11-13H,3-8,10H2,1-2H3,(H,20,21). The highest BCUT2D eigenvalue weighted by molar-refractivity contribution is 5.70. The fraction of sp³-hybridized carbons (Fsp3) is 0.750. The molecule has 3 heterocycles. The molecule has 3 rings (SSSR count). The Morgan fingerprint density at radius 1 is 1.38 bits per heavy atom. The number of carboxylic acid groups (broad SMARTS) is 1. The van der Waals surface area contributed by atoms with E-state index in [1.807, 2.05) is 6.20 Å². The van der Waals surface area contributed by atoms with E-state index >= 15 is 0 Å². The summed E-state index contributed by atoms with van der Waals surface area (Å²) in [6.07, 6.45) is 5.68. The highest BCUT2D eigenvalue weighted by atomic mass is 16.4. The number of fused-ring (bicyclic) bond motifs is 1. The van der Waals surface area contributed by atoms with Gasteiger partial charge in [0.2, 0.25) is 0 Å². The van der Waals surface area contributed by atoms with E-state index in [2.05, 4.69) is 28.3 Å². The first-order chi connectivity index (χ1) is 10.1. The van der Waals surface area contributed by atoms with E-state index in [9.17, 15) is 9.90 Å². The van der Waals surface area contributed by atoms with E-state index in [0.29, 0.717) is 18.4 Å². The maximum Gasteiger partial charge on any atom is 0.306 e. The molecule has 0 spiro atoms. The normalized spacial score (nSPS) is 26.8. The van der Waals surface area contributed by atoms with Gasteiger partial charge in [0.25, 0.3) is 0 Å². The van der Waals surface area contributed by atoms with Crippen molar-refractivity contribution in [2.24, 2.45) is 5.92 Å². The predicted octanol–water partition coefficient (Wildman–Crippen LogP) is 2.12. The second-order valence-electron chi connectivity index (χ2n) is 6.72. The number of likely N-dealkylation sites (tertiary alicyclic amines) is 1. The third-order valence-electron chi connectivity index (χ3n) is 5.02. The van der Waals surface area contributed by atoms with Crippen molar-refractivity contribution < 1.29 is 9.90 Å². The van der Waals surface area contributed by atoms with Gasteiger partial charge in [0, 0.05) is 43.4 Å². The molecule has 1 aromatic rings. The summed E-state index contributed by atoms with van der Waals surface area (Å²) in [7, 11) is 0. The van der Waals surface area contributed by atoms with Gasteiger partial charge in [-0.3, -0.25) is 4.79 Å². The Morgan fingerprint density at radius 3 is 2.90 bits per heavy atom. The minimum atomic E-state index is -0.673. The molecule has 2 aliphatic heterocycles. The van der Waals surface area contributed by atoms with Crippen molar-refractivity contribution in [1.29, 1.82) is 0 Å². The maximum absolute atomic E-state index is 11.2. The SMILES string of the molecule is CC(C)N1CCCC(c2ncc3n2CCC(C(=O)O)C3)C1. The number of hydrogen-bond acceptors (Lipinski definition) is 3. The molecule has 1 aromatic heterocycles. The Kier molecular flexibility index (Phi) is 4.02. The van der Waals surface area contributed by atoms with E-state index < -0.39 is 5.97 Å². The fourth-order valence-corrected chi connectivity index (χ4v) is 3.71. The highest BCUT2D eigenvalue weighted by Gasteiger charge is 2.30. The molecule has 2 atom stereocenters. The van der Waals surface area contributed by atoms with Crippen molar-refractivity contribution in [2.75, 3.05) is 13.1 Å². The van der Waals surface area contributed by atoms with E-state index in [1.165, 1.54) is 25.2 Å². The number of aliphatic carboxylic acids is 1. The van der Waals surface area contributed by atoms with Gasteiger partial charge in [-0.05, 0) is 39.7 Å². The first-order valence-corrected chi connectivity index (χ1v) is 8.07. The minimum absolute atomic E-state index is 0.236. The van der Waals surface area contributed by atoms with Gasteiger partial charge < -0.3 is 14.6 Å². The zero-order chi connectivity index (χ0) is 15.0. The number of aromatic nitrogens is 2. The molecule has 21 heavy (non-hydrogen) atoms. The molecule has 1 saturated heterocycles. The van der Waals surface area contributed by atoms with Crippen LogP contribution in [0.5, 0.6) is 0 Å². The van der Waals surface area contributed by atoms with Crippen LogP contribution in [0, 0.1) is 5.92 Å². The van der Waals surface area contributed by atoms with Crippen molar-refractivity contribution in [3.05, 3.63) is 17.7 Å². The van der Waals surface area contributed by atoms with Gasteiger partial charge in [-0.2, -0.15) is 0 Å². The molecule has 5 nitrogen and oxygen atoms in total. The molecule has 0 aromatic carbocycles. The molecule has 0 saturated carbocycles. The van der Waals surface area contributed by atoms with Crippen molar-refractivity contribution >= 4 is 5.97 Å². The summed E-state index contributed by atoms with van der Waals surface area (Å²) < 4.78 is 2.29. The predicted molar refractivity (Wildman–Crippen MR) is 80.4 cm³/mol. The number of piperidine rings is 1. The summed E-state index contributed by atoms with van der Waals surface area (Å²) in [4.78, 5) is 18.3. The van der Waals surface area contributed by atoms with Gasteiger partial charge in [0.05, 0.1) is 5.92 Å². The lowest BCUT2D eigenvalue weighted by atomic mass is 9.94. The molecule has 116 valence electrons. The van der Waals surface area contributed by atoms with Gasteiger partial charge in [-0.1, -0.05) is 0 Å². The molecule has 1 N–H and O–H groups in total. The minimum Gasteiger partial charge on any atom is -0.481 e. The Balaban J connectivity index is 1.77. The van der Waals surface area contributed by atoms with Crippen molar-refractivity contribution in [2.45, 2.75) is 58.0 Å². The molecular weight excluding hydrogens is 266 g/mol. The summed E-state index contributed by atoms with van der Waals surface area (Å²) in [6, 6.07) is 0.583. The van der Waals surface area contributed by atoms with E-state index in [0.717, 1.165) is 25.2 Å². The average Bonchev–Trinajstić information content (AvgIpc) is 2.90. The topological polar surface area (TPSA) is 58.4 Å². The smallest absolute Gasteiger partial charge is 0.306 e. The van der Waals surface area contributed by atoms with Gasteiger partial charge in [0.1, 0.15) is 5.82 Å². The molecular formula is C16H25N3O2. The number of imidazole rings is 1. The van der Waals surface area contributed by atoms with Crippen LogP contribution in [-0.4, -0.2) is 44.7 Å². The van der Waals surface area contributed by atoms with E-state index in [1.54, 1.807) is 0 Å². The van der Waals surface area contributed by atoms with Gasteiger partial charge in [0.15, 0.2) is 0 Å². The zero-order valence-electron chi connectivity index (χ0n) is 13.0. The maximum atomic E-state index is 11.2. The van der Waals surface area contributed by atoms with Crippen LogP contribution >= 0.6 is 0 Å². The molecule has 0 bridgehead atoms. The van der Waals surface area contributed by atoms with Crippen molar-refractivity contribution in [3.8, 4) is 0 Å². The lowest BCUT2D eigenvalue weighted by Gasteiger charge is -2.35. The van der Waals surface area contributed by atoms with Gasteiger partial charge >= 0.3 is 5.97 Å². The molecule has 0 amide bonds. The lowest BCUT2D eigenvalue weighted by Crippen LogP contribution is -2.40. The van der Waals surface area contributed by atoms with Crippen LogP contribution in [0.1, 0.15) is 50.5 Å². The summed E-state index contributed by atoms with van der Waals surface area (Å²) in [5.74, 6) is 0.767. The second-order valence-corrected chi connectivity index (χ2v) is 6.72. The van der Waals surface area contributed by atoms with Crippen LogP contribution in [-0.2, 0) is 17.8 Å². The average molecular weight is 291 g/mol. The first-order valence-electron chi connectivity index (χ1n) is 8.07. The Morgan fingerprint density at radius 2 is 2.19 bits per heavy atom. The fourth-order valence-electron chi connectivity index (χ4n) is 3.71. The Bertz CT molecular complexity index is 524. The van der Waals surface area contributed by atoms with Crippen LogP contribution in [0.25, 0.3) is 0 Å². The van der Waals surface area contributed by atoms with Crippen LogP contribution in [0.3, 0.4) is 0 Å². The number of carboxylic acids is 1. The molecule has 2 aliphatic rings. The summed E-state index contributed by atoms with van der Waals surface area (Å²) >= 11 is 0. The number of rotatable bonds is 3. The van der Waals surface area contributed by atoms with E-state index in [-0.39, 0.29) is 5.92 Å². The second kappa shape index (κ2) is 5.79. The Labute approximate surface area is 126 Å². The number of hydrogen-bond donors (Lipinski definition) is 1. The third kappa shape index (κ3) is 2.84. The van der Waals surface area contributed by atoms with Crippen molar-refractivity contribution in [3.63, 3.8) is 0 Å². The van der Waals surface area contributed by atoms with Crippen LogP contribution in [0.2, 0.25) is 0 Å². The highest BCUT2D eigenvalue weighted by Crippen LogP contribution is 2.31. The summed E-state index contributed by atoms with van der Waals surface area (Å²) in [5.41, 5.74) is 1.10. The van der Waals surface area contributed by atoms with Crippen molar-refractivity contribution in [1.82, 2.24) is 14.5 Å². The molecule has 0 aliphatic carbocycles. The van der Waals surface area contributed by atoms with Crippen LogP contribution in [0.4, 0.5) is 0 Å². The monoisotopic (exact) mass is 291 g/mol. The first kappa shape index (κ1) is 14.6. The summed E-state index contributed by atoms with van der Waals surface area (Å²) in [5, 5.41) is 9.18. The van der Waals surface area contributed by atoms with E-state index in [4.69, 9.17) is 0 Å². The molecule has 1 fully saturated rings. The third-order valence-corrected chi connectivity index (χ3v) is 5.02. The zero-order valence-corrected chi connectivity index (χ0v) is 13.0. The van der Waals surface area contributed by atoms with Crippen LogP contribution < -0.4 is 0 Å². The molecule has 2 unspecified atom stereocenters. The molecule has 0 radical (unpaired) electrons. The lowest BCUT2D eigenvalue weighted by molar-refractivity contribution is -0.142. The number of carbonyl (C=O) groups is 1. The number of nitrogens with zero attached hydrogens (tertiary/aromatic N) is 3. The molecule has 5 heteroatoms. The Hall–Kier alpha value is -1.36.